The van der Waals surface area contributed by atoms with Crippen molar-refractivity contribution < 1.29 is 17.9 Å². The molecule has 0 saturated carbocycles. The van der Waals surface area contributed by atoms with E-state index in [1.165, 1.54) is 12.1 Å². The van der Waals surface area contributed by atoms with Crippen LogP contribution in [0.5, 0.6) is 11.5 Å². The van der Waals surface area contributed by atoms with E-state index in [9.17, 15) is 13.2 Å². The number of benzene rings is 2. The van der Waals surface area contributed by atoms with Gasteiger partial charge in [0, 0.05) is 5.69 Å². The molecule has 0 unspecified atom stereocenters. The average molecular weight is 267 g/mol. The molecule has 19 heavy (non-hydrogen) atoms. The molecule has 0 saturated heterocycles. The van der Waals surface area contributed by atoms with Gasteiger partial charge in [0.25, 0.3) is 0 Å². The number of hydrogen-bond acceptors (Lipinski definition) is 2. The highest BCUT2D eigenvalue weighted by Gasteiger charge is 2.33. The van der Waals surface area contributed by atoms with Crippen LogP contribution in [0.1, 0.15) is 11.1 Å². The Hall–Kier alpha value is -2.17. The van der Waals surface area contributed by atoms with Crippen LogP contribution in [0.2, 0.25) is 0 Å². The van der Waals surface area contributed by atoms with Crippen molar-refractivity contribution in [3.05, 3.63) is 53.6 Å². The van der Waals surface area contributed by atoms with Crippen LogP contribution < -0.4 is 10.5 Å². The van der Waals surface area contributed by atoms with E-state index >= 15 is 0 Å². The molecule has 2 rings (SSSR count). The predicted molar refractivity (Wildman–Crippen MR) is 67.1 cm³/mol. The molecule has 0 radical (unpaired) electrons. The van der Waals surface area contributed by atoms with Crippen molar-refractivity contribution in [1.82, 2.24) is 0 Å². The fraction of sp³-hybridized carbons (Fsp3) is 0.143. The van der Waals surface area contributed by atoms with Crippen LogP contribution in [0.15, 0.2) is 42.5 Å². The fourth-order valence-corrected chi connectivity index (χ4v) is 1.66. The second-order valence-corrected chi connectivity index (χ2v) is 4.17. The van der Waals surface area contributed by atoms with E-state index in [2.05, 4.69) is 0 Å². The van der Waals surface area contributed by atoms with Gasteiger partial charge in [-0.05, 0) is 42.8 Å². The van der Waals surface area contributed by atoms with Crippen LogP contribution in [0.25, 0.3) is 0 Å². The number of alkyl halides is 3. The summed E-state index contributed by atoms with van der Waals surface area (Å²) >= 11 is 0. The second kappa shape index (κ2) is 4.84. The molecule has 0 heterocycles. The predicted octanol–water partition coefficient (Wildman–Crippen LogP) is 4.39. The molecule has 0 aliphatic heterocycles. The highest BCUT2D eigenvalue weighted by Crippen LogP contribution is 2.36. The molecule has 100 valence electrons. The summed E-state index contributed by atoms with van der Waals surface area (Å²) in [5.74, 6) is 0.588. The molecule has 0 amide bonds. The van der Waals surface area contributed by atoms with Crippen molar-refractivity contribution in [2.24, 2.45) is 0 Å². The van der Waals surface area contributed by atoms with Gasteiger partial charge in [-0.2, -0.15) is 13.2 Å². The lowest BCUT2D eigenvalue weighted by molar-refractivity contribution is -0.137. The summed E-state index contributed by atoms with van der Waals surface area (Å²) in [5, 5.41) is 0. The van der Waals surface area contributed by atoms with Gasteiger partial charge in [0.05, 0.1) is 5.56 Å². The van der Waals surface area contributed by atoms with E-state index in [0.29, 0.717) is 5.75 Å². The summed E-state index contributed by atoms with van der Waals surface area (Å²) in [4.78, 5) is 0. The summed E-state index contributed by atoms with van der Waals surface area (Å²) in [6.07, 6.45) is -4.49. The summed E-state index contributed by atoms with van der Waals surface area (Å²) < 4.78 is 43.5. The van der Waals surface area contributed by atoms with Gasteiger partial charge in [0.15, 0.2) is 0 Å². The number of hydrogen-bond donors (Lipinski definition) is 1. The molecule has 5 heteroatoms. The third-order valence-electron chi connectivity index (χ3n) is 2.56. The van der Waals surface area contributed by atoms with Gasteiger partial charge in [-0.25, -0.2) is 0 Å². The standard InChI is InChI=1S/C14H12F3NO/c1-9-3-2-4-10(7-9)19-11-5-6-13(18)12(8-11)14(15,16)17/h2-8H,18H2,1H3. The Balaban J connectivity index is 2.32. The van der Waals surface area contributed by atoms with Crippen LogP contribution in [0.3, 0.4) is 0 Å². The monoisotopic (exact) mass is 267 g/mol. The molecule has 2 aromatic rings. The van der Waals surface area contributed by atoms with Crippen molar-refractivity contribution in [1.29, 1.82) is 0 Å². The Bertz CT molecular complexity index is 593. The van der Waals surface area contributed by atoms with Crippen molar-refractivity contribution >= 4 is 5.69 Å². The highest BCUT2D eigenvalue weighted by molar-refractivity contribution is 5.52. The van der Waals surface area contributed by atoms with Gasteiger partial charge in [0.1, 0.15) is 11.5 Å². The van der Waals surface area contributed by atoms with E-state index in [-0.39, 0.29) is 11.4 Å². The molecule has 0 aliphatic rings. The second-order valence-electron chi connectivity index (χ2n) is 4.17. The number of halogens is 3. The van der Waals surface area contributed by atoms with E-state index in [4.69, 9.17) is 10.5 Å². The first kappa shape index (κ1) is 13.3. The van der Waals surface area contributed by atoms with E-state index in [1.807, 2.05) is 13.0 Å². The summed E-state index contributed by atoms with van der Waals surface area (Å²) in [6, 6.07) is 10.6. The first-order valence-corrected chi connectivity index (χ1v) is 5.57. The molecule has 0 spiro atoms. The van der Waals surface area contributed by atoms with Crippen LogP contribution in [-0.2, 0) is 6.18 Å². The van der Waals surface area contributed by atoms with Gasteiger partial charge in [-0.3, -0.25) is 0 Å². The number of ether oxygens (including phenoxy) is 1. The normalized spacial score (nSPS) is 11.4. The lowest BCUT2D eigenvalue weighted by atomic mass is 10.1. The summed E-state index contributed by atoms with van der Waals surface area (Å²) in [5.41, 5.74) is 5.07. The minimum absolute atomic E-state index is 0.104. The minimum Gasteiger partial charge on any atom is -0.457 e. The maximum Gasteiger partial charge on any atom is 0.418 e. The zero-order valence-electron chi connectivity index (χ0n) is 10.2. The minimum atomic E-state index is -4.49. The Morgan fingerprint density at radius 3 is 2.32 bits per heavy atom. The number of anilines is 1. The van der Waals surface area contributed by atoms with Crippen molar-refractivity contribution in [2.75, 3.05) is 5.73 Å². The zero-order chi connectivity index (χ0) is 14.0. The van der Waals surface area contributed by atoms with Gasteiger partial charge >= 0.3 is 6.18 Å². The zero-order valence-corrected chi connectivity index (χ0v) is 10.2. The lowest BCUT2D eigenvalue weighted by Crippen LogP contribution is -2.08. The van der Waals surface area contributed by atoms with Gasteiger partial charge < -0.3 is 10.5 Å². The third-order valence-corrected chi connectivity index (χ3v) is 2.56. The molecule has 0 fully saturated rings. The topological polar surface area (TPSA) is 35.2 Å². The van der Waals surface area contributed by atoms with E-state index in [0.717, 1.165) is 11.6 Å². The molecule has 0 atom stereocenters. The number of rotatable bonds is 2. The molecule has 2 N–H and O–H groups in total. The Morgan fingerprint density at radius 2 is 1.68 bits per heavy atom. The summed E-state index contributed by atoms with van der Waals surface area (Å²) in [6.45, 7) is 1.87. The van der Waals surface area contributed by atoms with Crippen LogP contribution >= 0.6 is 0 Å². The Labute approximate surface area is 108 Å². The van der Waals surface area contributed by atoms with E-state index < -0.39 is 11.7 Å². The Kier molecular flexibility index (Phi) is 3.38. The van der Waals surface area contributed by atoms with Gasteiger partial charge in [0.2, 0.25) is 0 Å². The number of nitrogens with two attached hydrogens (primary N) is 1. The molecular weight excluding hydrogens is 255 g/mol. The van der Waals surface area contributed by atoms with Crippen molar-refractivity contribution in [3.63, 3.8) is 0 Å². The smallest absolute Gasteiger partial charge is 0.418 e. The SMILES string of the molecule is Cc1cccc(Oc2ccc(N)c(C(F)(F)F)c2)c1. The molecule has 0 aliphatic carbocycles. The number of aryl methyl sites for hydroxylation is 1. The highest BCUT2D eigenvalue weighted by atomic mass is 19.4. The molecule has 2 aromatic carbocycles. The first-order valence-electron chi connectivity index (χ1n) is 5.57. The maximum atomic E-state index is 12.7. The van der Waals surface area contributed by atoms with Crippen LogP contribution in [-0.4, -0.2) is 0 Å². The molecule has 2 nitrogen and oxygen atoms in total. The number of nitrogen functional groups attached to an aromatic ring is 1. The first-order chi connectivity index (χ1) is 8.86. The van der Waals surface area contributed by atoms with E-state index in [1.54, 1.807) is 18.2 Å². The van der Waals surface area contributed by atoms with Crippen LogP contribution in [0, 0.1) is 6.92 Å². The molecule has 0 bridgehead atoms. The van der Waals surface area contributed by atoms with Gasteiger partial charge in [-0.1, -0.05) is 12.1 Å². The van der Waals surface area contributed by atoms with Crippen LogP contribution in [0.4, 0.5) is 18.9 Å². The third kappa shape index (κ3) is 3.19. The van der Waals surface area contributed by atoms with Crippen molar-refractivity contribution in [2.45, 2.75) is 13.1 Å². The quantitative estimate of drug-likeness (QED) is 0.819. The fourth-order valence-electron chi connectivity index (χ4n) is 1.66. The average Bonchev–Trinajstić information content (AvgIpc) is 2.30. The maximum absolute atomic E-state index is 12.7. The largest absolute Gasteiger partial charge is 0.457 e. The molecular formula is C14H12F3NO. The Morgan fingerprint density at radius 1 is 1.00 bits per heavy atom. The molecule has 0 aromatic heterocycles. The van der Waals surface area contributed by atoms with Gasteiger partial charge in [-0.15, -0.1) is 0 Å². The van der Waals surface area contributed by atoms with Crippen molar-refractivity contribution in [3.8, 4) is 11.5 Å². The summed E-state index contributed by atoms with van der Waals surface area (Å²) in [7, 11) is 0. The lowest BCUT2D eigenvalue weighted by Gasteiger charge is -2.12.